The molecule has 1 fully saturated rings. The van der Waals surface area contributed by atoms with E-state index in [4.69, 9.17) is 4.74 Å². The van der Waals surface area contributed by atoms with E-state index in [-0.39, 0.29) is 18.1 Å². The predicted molar refractivity (Wildman–Crippen MR) is 93.2 cm³/mol. The Morgan fingerprint density at radius 1 is 1.33 bits per heavy atom. The van der Waals surface area contributed by atoms with E-state index in [2.05, 4.69) is 37.8 Å². The Balaban J connectivity index is 1.87. The predicted octanol–water partition coefficient (Wildman–Crippen LogP) is 2.09. The molecule has 3 rings (SSSR count). The molecule has 1 aromatic rings. The third-order valence-corrected chi connectivity index (χ3v) is 5.47. The molecule has 0 aliphatic carbocycles. The average Bonchev–Trinajstić information content (AvgIpc) is 2.93. The molecule has 0 saturated carbocycles. The highest BCUT2D eigenvalue weighted by molar-refractivity contribution is 5.94. The van der Waals surface area contributed by atoms with Gasteiger partial charge in [-0.05, 0) is 53.8 Å². The van der Waals surface area contributed by atoms with Crippen molar-refractivity contribution in [2.24, 2.45) is 0 Å². The van der Waals surface area contributed by atoms with Crippen LogP contribution in [0.2, 0.25) is 0 Å². The zero-order valence-electron chi connectivity index (χ0n) is 15.6. The first kappa shape index (κ1) is 17.4. The van der Waals surface area contributed by atoms with Crippen molar-refractivity contribution in [2.75, 3.05) is 27.2 Å². The van der Waals surface area contributed by atoms with E-state index in [1.54, 1.807) is 0 Å². The molecule has 0 unspecified atom stereocenters. The second-order valence-electron chi connectivity index (χ2n) is 7.27. The summed E-state index contributed by atoms with van der Waals surface area (Å²) in [7, 11) is 4.07. The highest BCUT2D eigenvalue weighted by Gasteiger charge is 2.34. The monoisotopic (exact) mass is 334 g/mol. The fraction of sp³-hybridized carbons (Fsp3) is 0.778. The van der Waals surface area contributed by atoms with Crippen LogP contribution in [0.25, 0.3) is 0 Å². The topological polar surface area (TPSA) is 50.6 Å². The minimum atomic E-state index is -0.00798. The fourth-order valence-electron chi connectivity index (χ4n) is 4.05. The summed E-state index contributed by atoms with van der Waals surface area (Å²) in [5.41, 5.74) is 2.80. The van der Waals surface area contributed by atoms with Gasteiger partial charge in [-0.1, -0.05) is 0 Å². The molecular formula is C18H30N4O2. The fourth-order valence-corrected chi connectivity index (χ4v) is 4.05. The second-order valence-corrected chi connectivity index (χ2v) is 7.27. The van der Waals surface area contributed by atoms with Crippen molar-refractivity contribution in [1.29, 1.82) is 0 Å². The van der Waals surface area contributed by atoms with Gasteiger partial charge < -0.3 is 14.5 Å². The number of piperidine rings is 1. The van der Waals surface area contributed by atoms with Crippen molar-refractivity contribution in [2.45, 2.75) is 64.8 Å². The number of fused-ring (bicyclic) bond motifs is 1. The highest BCUT2D eigenvalue weighted by atomic mass is 16.5. The van der Waals surface area contributed by atoms with Crippen LogP contribution < -0.4 is 0 Å². The van der Waals surface area contributed by atoms with Crippen molar-refractivity contribution in [1.82, 2.24) is 19.6 Å². The van der Waals surface area contributed by atoms with E-state index in [9.17, 15) is 4.79 Å². The number of nitrogens with zero attached hydrogens (tertiary/aromatic N) is 4. The minimum absolute atomic E-state index is 0.00798. The molecule has 0 radical (unpaired) electrons. The Labute approximate surface area is 144 Å². The molecular weight excluding hydrogens is 304 g/mol. The normalized spacial score (nSPS) is 25.5. The Morgan fingerprint density at radius 3 is 2.62 bits per heavy atom. The van der Waals surface area contributed by atoms with Crippen LogP contribution in [0.15, 0.2) is 0 Å². The van der Waals surface area contributed by atoms with Gasteiger partial charge in [0.15, 0.2) is 5.69 Å². The molecule has 0 aromatic carbocycles. The highest BCUT2D eigenvalue weighted by Crippen LogP contribution is 2.33. The molecule has 6 heteroatoms. The Morgan fingerprint density at radius 2 is 2.00 bits per heavy atom. The van der Waals surface area contributed by atoms with Crippen LogP contribution in [0.3, 0.4) is 0 Å². The zero-order valence-corrected chi connectivity index (χ0v) is 15.6. The van der Waals surface area contributed by atoms with Gasteiger partial charge in [0.25, 0.3) is 5.91 Å². The molecule has 134 valence electrons. The van der Waals surface area contributed by atoms with Crippen molar-refractivity contribution < 1.29 is 9.53 Å². The van der Waals surface area contributed by atoms with Gasteiger partial charge in [-0.3, -0.25) is 9.48 Å². The Bertz CT molecular complexity index is 604. The quantitative estimate of drug-likeness (QED) is 0.849. The van der Waals surface area contributed by atoms with Gasteiger partial charge in [0.2, 0.25) is 0 Å². The van der Waals surface area contributed by atoms with E-state index >= 15 is 0 Å². The van der Waals surface area contributed by atoms with E-state index in [1.165, 1.54) is 0 Å². The average molecular weight is 334 g/mol. The first-order chi connectivity index (χ1) is 11.4. The standard InChI is InChI=1S/C18H30N4O2/c1-6-22-17-13(3)24-12(2)11-15(17)16(19-22)18(23)21(5)14-7-9-20(4)10-8-14/h12-14H,6-11H2,1-5H3/t12-,13+/m1/s1. The summed E-state index contributed by atoms with van der Waals surface area (Å²) in [5.74, 6) is 0.0642. The molecule has 2 aliphatic rings. The number of hydrogen-bond donors (Lipinski definition) is 0. The zero-order chi connectivity index (χ0) is 17.4. The Kier molecular flexibility index (Phi) is 4.97. The minimum Gasteiger partial charge on any atom is -0.369 e. The molecule has 1 amide bonds. The number of aryl methyl sites for hydroxylation is 1. The smallest absolute Gasteiger partial charge is 0.274 e. The third kappa shape index (κ3) is 3.09. The number of carbonyl (C=O) groups excluding carboxylic acids is 1. The maximum Gasteiger partial charge on any atom is 0.274 e. The van der Waals surface area contributed by atoms with Crippen molar-refractivity contribution in [3.05, 3.63) is 17.0 Å². The van der Waals surface area contributed by atoms with Gasteiger partial charge in [0, 0.05) is 31.6 Å². The second kappa shape index (κ2) is 6.84. The number of aromatic nitrogens is 2. The molecule has 6 nitrogen and oxygen atoms in total. The summed E-state index contributed by atoms with van der Waals surface area (Å²) in [6.07, 6.45) is 2.95. The third-order valence-electron chi connectivity index (χ3n) is 5.47. The summed E-state index contributed by atoms with van der Waals surface area (Å²) in [5, 5.41) is 4.66. The molecule has 1 saturated heterocycles. The summed E-state index contributed by atoms with van der Waals surface area (Å²) in [4.78, 5) is 17.4. The van der Waals surface area contributed by atoms with Crippen LogP contribution in [0, 0.1) is 0 Å². The molecule has 0 N–H and O–H groups in total. The number of hydrogen-bond acceptors (Lipinski definition) is 4. The maximum absolute atomic E-state index is 13.1. The Hall–Kier alpha value is -1.40. The van der Waals surface area contributed by atoms with Gasteiger partial charge in [-0.2, -0.15) is 5.10 Å². The lowest BCUT2D eigenvalue weighted by atomic mass is 9.98. The summed E-state index contributed by atoms with van der Waals surface area (Å²) >= 11 is 0. The molecule has 24 heavy (non-hydrogen) atoms. The summed E-state index contributed by atoms with van der Waals surface area (Å²) in [6.45, 7) is 9.04. The van der Waals surface area contributed by atoms with Gasteiger partial charge in [-0.25, -0.2) is 0 Å². The molecule has 2 atom stereocenters. The van der Waals surface area contributed by atoms with E-state index in [0.29, 0.717) is 11.7 Å². The van der Waals surface area contributed by atoms with Gasteiger partial charge >= 0.3 is 0 Å². The van der Waals surface area contributed by atoms with E-state index < -0.39 is 0 Å². The maximum atomic E-state index is 13.1. The first-order valence-electron chi connectivity index (χ1n) is 9.13. The number of rotatable bonds is 3. The van der Waals surface area contributed by atoms with Gasteiger partial charge in [-0.15, -0.1) is 0 Å². The number of likely N-dealkylation sites (tertiary alicyclic amines) is 1. The van der Waals surface area contributed by atoms with Crippen LogP contribution >= 0.6 is 0 Å². The van der Waals surface area contributed by atoms with Crippen LogP contribution in [-0.2, 0) is 17.7 Å². The summed E-state index contributed by atoms with van der Waals surface area (Å²) in [6, 6.07) is 0.311. The molecule has 0 spiro atoms. The SMILES string of the molecule is CCn1nc(C(=O)N(C)C2CCN(C)CC2)c2c1[C@H](C)O[C@H](C)C2. The van der Waals surface area contributed by atoms with Crippen molar-refractivity contribution in [3.63, 3.8) is 0 Å². The lowest BCUT2D eigenvalue weighted by molar-refractivity contribution is -0.00953. The first-order valence-corrected chi connectivity index (χ1v) is 9.13. The van der Waals surface area contributed by atoms with Crippen LogP contribution in [0.4, 0.5) is 0 Å². The van der Waals surface area contributed by atoms with Crippen molar-refractivity contribution >= 4 is 5.91 Å². The number of carbonyl (C=O) groups is 1. The molecule has 2 aliphatic heterocycles. The van der Waals surface area contributed by atoms with Gasteiger partial charge in [0.05, 0.1) is 17.9 Å². The lowest BCUT2D eigenvalue weighted by Gasteiger charge is -2.35. The molecule has 3 heterocycles. The van der Waals surface area contributed by atoms with Gasteiger partial charge in [0.1, 0.15) is 0 Å². The molecule has 1 aromatic heterocycles. The lowest BCUT2D eigenvalue weighted by Crippen LogP contribution is -2.44. The largest absolute Gasteiger partial charge is 0.369 e. The van der Waals surface area contributed by atoms with Crippen LogP contribution in [0.5, 0.6) is 0 Å². The number of ether oxygens (including phenoxy) is 1. The van der Waals surface area contributed by atoms with Crippen LogP contribution in [0.1, 0.15) is 61.5 Å². The van der Waals surface area contributed by atoms with E-state index in [1.807, 2.05) is 16.6 Å². The van der Waals surface area contributed by atoms with Crippen LogP contribution in [-0.4, -0.2) is 64.8 Å². The number of amides is 1. The van der Waals surface area contributed by atoms with E-state index in [0.717, 1.165) is 50.2 Å². The summed E-state index contributed by atoms with van der Waals surface area (Å²) < 4.78 is 7.89. The van der Waals surface area contributed by atoms with Crippen molar-refractivity contribution in [3.8, 4) is 0 Å². The molecule has 0 bridgehead atoms.